The van der Waals surface area contributed by atoms with Gasteiger partial charge in [0, 0.05) is 55.8 Å². The zero-order chi connectivity index (χ0) is 27.6. The van der Waals surface area contributed by atoms with Crippen LogP contribution in [0.4, 0.5) is 4.39 Å². The number of hydrogen-bond acceptors (Lipinski definition) is 5. The van der Waals surface area contributed by atoms with Crippen LogP contribution in [0.5, 0.6) is 0 Å². The minimum absolute atomic E-state index is 0. The number of hydrogen-bond donors (Lipinski definition) is 0. The third-order valence-electron chi connectivity index (χ3n) is 6.58. The summed E-state index contributed by atoms with van der Waals surface area (Å²) < 4.78 is 21.7. The zero-order valence-corrected chi connectivity index (χ0v) is 24.3. The number of halogens is 1. The molecule has 8 rings (SSSR count). The molecule has 0 amide bonds. The number of aromatic nitrogens is 5. The van der Waals surface area contributed by atoms with E-state index < -0.39 is 0 Å². The first-order valence-corrected chi connectivity index (χ1v) is 12.9. The summed E-state index contributed by atoms with van der Waals surface area (Å²) in [6.07, 6.45) is 5.04. The summed E-state index contributed by atoms with van der Waals surface area (Å²) >= 11 is 0. The number of fused-ring (bicyclic) bond motifs is 4. The molecule has 0 fully saturated rings. The van der Waals surface area contributed by atoms with E-state index in [1.54, 1.807) is 24.7 Å². The average Bonchev–Trinajstić information content (AvgIpc) is 3.61. The Bertz CT molecular complexity index is 2080. The summed E-state index contributed by atoms with van der Waals surface area (Å²) in [5.41, 5.74) is 5.83. The molecule has 0 bridgehead atoms. The predicted octanol–water partition coefficient (Wildman–Crippen LogP) is 7.87. The molecule has 0 atom stereocenters. The molecule has 8 aromatic rings. The van der Waals surface area contributed by atoms with Gasteiger partial charge in [-0.15, -0.1) is 54.1 Å². The van der Waals surface area contributed by atoms with Gasteiger partial charge in [0.1, 0.15) is 11.4 Å². The van der Waals surface area contributed by atoms with E-state index in [2.05, 4.69) is 27.1 Å². The summed E-state index contributed by atoms with van der Waals surface area (Å²) in [6.45, 7) is 0. The van der Waals surface area contributed by atoms with E-state index in [-0.39, 0.29) is 25.9 Å². The van der Waals surface area contributed by atoms with Crippen LogP contribution in [0.25, 0.3) is 61.6 Å². The van der Waals surface area contributed by atoms with E-state index in [0.717, 1.165) is 27.7 Å². The third-order valence-corrected chi connectivity index (χ3v) is 6.58. The van der Waals surface area contributed by atoms with Crippen LogP contribution < -0.4 is 0 Å². The fourth-order valence-electron chi connectivity index (χ4n) is 4.76. The first-order chi connectivity index (χ1) is 20.3. The van der Waals surface area contributed by atoms with Gasteiger partial charge in [0.05, 0.1) is 11.4 Å². The molecule has 4 heterocycles. The van der Waals surface area contributed by atoms with Gasteiger partial charge in [-0.25, -0.2) is 14.4 Å². The molecule has 0 spiro atoms. The normalized spacial score (nSPS) is 10.8. The Morgan fingerprint density at radius 1 is 0.714 bits per heavy atom. The Morgan fingerprint density at radius 3 is 2.36 bits per heavy atom. The fraction of sp³-hybridized carbons (Fsp3) is 0. The van der Waals surface area contributed by atoms with Crippen molar-refractivity contribution >= 4 is 33.2 Å². The van der Waals surface area contributed by atoms with Crippen molar-refractivity contribution in [1.82, 2.24) is 24.5 Å². The van der Waals surface area contributed by atoms with Gasteiger partial charge in [-0.05, 0) is 36.0 Å². The molecule has 0 aliphatic heterocycles. The molecule has 8 heteroatoms. The Morgan fingerprint density at radius 2 is 1.55 bits per heavy atom. The Labute approximate surface area is 253 Å². The molecular formula is C34H20FIrN5O-2. The number of rotatable bonds is 3. The standard InChI is InChI=1S/C23H12FN4O.C11H8N.Ir/c24-14-9-10-16-17-7-4-8-18(20(17)29-19(16)13-14)22-27-21-23(26-12-11-25-21)28(22)15-5-2-1-3-6-15;1-2-6-10(7-3-1)11-8-4-5-9-12-11;/h1-7,9-13H;1-6,8-9H;/q2*-1;. The summed E-state index contributed by atoms with van der Waals surface area (Å²) in [6, 6.07) is 38.2. The molecule has 4 aromatic heterocycles. The smallest absolute Gasteiger partial charge is 0.188 e. The van der Waals surface area contributed by atoms with Crippen LogP contribution in [0.3, 0.4) is 0 Å². The number of furan rings is 1. The van der Waals surface area contributed by atoms with Crippen LogP contribution in [-0.2, 0) is 20.1 Å². The number of pyridine rings is 1. The number of para-hydroxylation sites is 1. The Balaban J connectivity index is 0.000000205. The second-order valence-corrected chi connectivity index (χ2v) is 9.14. The summed E-state index contributed by atoms with van der Waals surface area (Å²) in [5.74, 6) is 0.273. The quantitative estimate of drug-likeness (QED) is 0.174. The first-order valence-electron chi connectivity index (χ1n) is 12.9. The van der Waals surface area contributed by atoms with Crippen LogP contribution in [-0.4, -0.2) is 24.5 Å². The number of nitrogens with zero attached hydrogens (tertiary/aromatic N) is 5. The summed E-state index contributed by atoms with van der Waals surface area (Å²) in [4.78, 5) is 17.8. The van der Waals surface area contributed by atoms with Crippen molar-refractivity contribution in [2.45, 2.75) is 0 Å². The van der Waals surface area contributed by atoms with Crippen LogP contribution in [0.2, 0.25) is 0 Å². The van der Waals surface area contributed by atoms with Crippen LogP contribution in [0, 0.1) is 17.9 Å². The van der Waals surface area contributed by atoms with E-state index in [1.807, 2.05) is 89.5 Å². The van der Waals surface area contributed by atoms with Crippen molar-refractivity contribution in [2.75, 3.05) is 0 Å². The average molecular weight is 726 g/mol. The summed E-state index contributed by atoms with van der Waals surface area (Å²) in [7, 11) is 0. The summed E-state index contributed by atoms with van der Waals surface area (Å²) in [5, 5.41) is 1.72. The molecule has 0 saturated heterocycles. The minimum atomic E-state index is -0.341. The van der Waals surface area contributed by atoms with E-state index in [0.29, 0.717) is 33.8 Å². The van der Waals surface area contributed by atoms with E-state index in [4.69, 9.17) is 9.40 Å². The van der Waals surface area contributed by atoms with Gasteiger partial charge in [0.25, 0.3) is 0 Å². The third kappa shape index (κ3) is 5.09. The predicted molar refractivity (Wildman–Crippen MR) is 157 cm³/mol. The molecule has 0 aliphatic rings. The topological polar surface area (TPSA) is 69.6 Å². The monoisotopic (exact) mass is 726 g/mol. The largest absolute Gasteiger partial charge is 0.500 e. The number of imidazole rings is 1. The van der Waals surface area contributed by atoms with Gasteiger partial charge in [-0.3, -0.25) is 4.98 Å². The van der Waals surface area contributed by atoms with Crippen LogP contribution in [0.1, 0.15) is 0 Å². The van der Waals surface area contributed by atoms with Crippen LogP contribution in [0.15, 0.2) is 126 Å². The molecule has 0 unspecified atom stereocenters. The molecule has 6 nitrogen and oxygen atoms in total. The molecule has 0 saturated carbocycles. The van der Waals surface area contributed by atoms with E-state index in [1.165, 1.54) is 12.1 Å². The minimum Gasteiger partial charge on any atom is -0.500 e. The fourth-order valence-corrected chi connectivity index (χ4v) is 4.76. The van der Waals surface area contributed by atoms with Gasteiger partial charge in [0.15, 0.2) is 11.3 Å². The van der Waals surface area contributed by atoms with Crippen molar-refractivity contribution in [3.8, 4) is 28.3 Å². The first kappa shape index (κ1) is 27.1. The molecule has 4 aromatic carbocycles. The molecule has 205 valence electrons. The van der Waals surface area contributed by atoms with Crippen molar-refractivity contribution in [1.29, 1.82) is 0 Å². The SMILES string of the molecule is Fc1ccc2c(c1)oc1c(-c3nc4nccnc4n3-c3ccccc3)[c-]ccc12.[Ir].[c-]1ccccc1-c1ccccn1. The number of benzene rings is 4. The maximum atomic E-state index is 13.7. The van der Waals surface area contributed by atoms with Crippen molar-refractivity contribution in [2.24, 2.45) is 0 Å². The van der Waals surface area contributed by atoms with Gasteiger partial charge < -0.3 is 14.0 Å². The maximum Gasteiger partial charge on any atom is 0.188 e. The second-order valence-electron chi connectivity index (χ2n) is 9.14. The van der Waals surface area contributed by atoms with Crippen molar-refractivity contribution in [3.63, 3.8) is 0 Å². The van der Waals surface area contributed by atoms with Crippen LogP contribution >= 0.6 is 0 Å². The maximum absolute atomic E-state index is 13.7. The van der Waals surface area contributed by atoms with E-state index in [9.17, 15) is 4.39 Å². The Hall–Kier alpha value is -5.04. The molecule has 0 aliphatic carbocycles. The second kappa shape index (κ2) is 11.8. The molecule has 42 heavy (non-hydrogen) atoms. The van der Waals surface area contributed by atoms with E-state index >= 15 is 0 Å². The van der Waals surface area contributed by atoms with Crippen molar-refractivity contribution in [3.05, 3.63) is 140 Å². The van der Waals surface area contributed by atoms with Crippen molar-refractivity contribution < 1.29 is 28.9 Å². The molecular weight excluding hydrogens is 706 g/mol. The van der Waals surface area contributed by atoms with Gasteiger partial charge in [0.2, 0.25) is 0 Å². The van der Waals surface area contributed by atoms with Gasteiger partial charge >= 0.3 is 0 Å². The Kier molecular flexibility index (Phi) is 7.64. The van der Waals surface area contributed by atoms with Gasteiger partial charge in [-0.1, -0.05) is 41.3 Å². The molecule has 1 radical (unpaired) electrons. The van der Waals surface area contributed by atoms with Gasteiger partial charge in [-0.2, -0.15) is 0 Å². The molecule has 0 N–H and O–H groups in total. The zero-order valence-electron chi connectivity index (χ0n) is 21.9.